The third kappa shape index (κ3) is 4.36. The number of amides is 1. The van der Waals surface area contributed by atoms with E-state index in [1.165, 1.54) is 12.8 Å². The second-order valence-corrected chi connectivity index (χ2v) is 5.71. The molecule has 5 nitrogen and oxygen atoms in total. The fraction of sp³-hybridized carbons (Fsp3) is 0.562. The zero-order valence-corrected chi connectivity index (χ0v) is 12.9. The van der Waals surface area contributed by atoms with E-state index in [0.29, 0.717) is 17.4 Å². The van der Waals surface area contributed by atoms with Crippen LogP contribution in [0, 0.1) is 0 Å². The summed E-state index contributed by atoms with van der Waals surface area (Å²) in [5.74, 6) is -0.0198. The number of nitrogens with zero attached hydrogens (tertiary/aromatic N) is 1. The topological polar surface area (TPSA) is 67.6 Å². The van der Waals surface area contributed by atoms with Gasteiger partial charge in [-0.25, -0.2) is 0 Å². The van der Waals surface area contributed by atoms with Crippen molar-refractivity contribution in [3.05, 3.63) is 23.8 Å². The van der Waals surface area contributed by atoms with Crippen LogP contribution in [0.15, 0.2) is 18.2 Å². The van der Waals surface area contributed by atoms with Gasteiger partial charge < -0.3 is 20.7 Å². The highest BCUT2D eigenvalue weighted by Crippen LogP contribution is 2.22. The van der Waals surface area contributed by atoms with Gasteiger partial charge in [-0.15, -0.1) is 0 Å². The number of benzene rings is 1. The number of rotatable bonds is 5. The highest BCUT2D eigenvalue weighted by atomic mass is 16.5. The fourth-order valence-corrected chi connectivity index (χ4v) is 2.50. The summed E-state index contributed by atoms with van der Waals surface area (Å²) >= 11 is 0. The van der Waals surface area contributed by atoms with Crippen LogP contribution in [0.5, 0.6) is 0 Å². The summed E-state index contributed by atoms with van der Waals surface area (Å²) < 4.78 is 5.71. The van der Waals surface area contributed by atoms with Crippen LogP contribution in [-0.4, -0.2) is 44.2 Å². The predicted molar refractivity (Wildman–Crippen MR) is 85.6 cm³/mol. The molecule has 0 aliphatic carbocycles. The molecular weight excluding hydrogens is 266 g/mol. The molecule has 0 radical (unpaired) electrons. The Bertz CT molecular complexity index is 482. The Hall–Kier alpha value is -1.75. The summed E-state index contributed by atoms with van der Waals surface area (Å²) in [6, 6.07) is 5.35. The molecule has 1 aliphatic rings. The molecule has 2 rings (SSSR count). The van der Waals surface area contributed by atoms with Crippen LogP contribution >= 0.6 is 0 Å². The van der Waals surface area contributed by atoms with Gasteiger partial charge >= 0.3 is 0 Å². The molecule has 5 heteroatoms. The van der Waals surface area contributed by atoms with Crippen LogP contribution in [-0.2, 0) is 4.74 Å². The van der Waals surface area contributed by atoms with Gasteiger partial charge in [0.2, 0.25) is 0 Å². The predicted octanol–water partition coefficient (Wildman–Crippen LogP) is 2.34. The van der Waals surface area contributed by atoms with Gasteiger partial charge in [0, 0.05) is 32.8 Å². The third-order valence-electron chi connectivity index (χ3n) is 3.76. The molecule has 1 amide bonds. The molecule has 1 fully saturated rings. The Morgan fingerprint density at radius 1 is 1.43 bits per heavy atom. The van der Waals surface area contributed by atoms with Crippen molar-refractivity contribution in [1.82, 2.24) is 4.90 Å². The van der Waals surface area contributed by atoms with Gasteiger partial charge in [0.25, 0.3) is 5.91 Å². The maximum atomic E-state index is 12.0. The maximum Gasteiger partial charge on any atom is 0.253 e. The molecule has 0 bridgehead atoms. The van der Waals surface area contributed by atoms with Gasteiger partial charge in [-0.2, -0.15) is 0 Å². The molecule has 1 aromatic rings. The zero-order chi connectivity index (χ0) is 15.2. The van der Waals surface area contributed by atoms with Crippen LogP contribution in [0.4, 0.5) is 11.4 Å². The molecule has 0 aromatic heterocycles. The van der Waals surface area contributed by atoms with Gasteiger partial charge in [-0.05, 0) is 43.9 Å². The Kier molecular flexibility index (Phi) is 5.44. The van der Waals surface area contributed by atoms with Gasteiger partial charge in [0.05, 0.1) is 17.5 Å². The first-order chi connectivity index (χ1) is 10.1. The molecule has 0 spiro atoms. The molecule has 21 heavy (non-hydrogen) atoms. The molecule has 3 N–H and O–H groups in total. The summed E-state index contributed by atoms with van der Waals surface area (Å²) in [5.41, 5.74) is 8.09. The van der Waals surface area contributed by atoms with Gasteiger partial charge in [0.15, 0.2) is 0 Å². The molecule has 1 heterocycles. The van der Waals surface area contributed by atoms with E-state index in [-0.39, 0.29) is 5.91 Å². The van der Waals surface area contributed by atoms with Gasteiger partial charge in [-0.1, -0.05) is 0 Å². The van der Waals surface area contributed by atoms with Crippen LogP contribution < -0.4 is 11.1 Å². The first kappa shape index (κ1) is 15.6. The van der Waals surface area contributed by atoms with Crippen LogP contribution in [0.3, 0.4) is 0 Å². The SMILES string of the molecule is CN(C)C(=O)c1ccc(N)c(NCCC2CCCCO2)c1. The first-order valence-corrected chi connectivity index (χ1v) is 7.54. The number of hydrogen-bond donors (Lipinski definition) is 2. The van der Waals surface area contributed by atoms with E-state index in [0.717, 1.165) is 31.7 Å². The van der Waals surface area contributed by atoms with E-state index in [4.69, 9.17) is 10.5 Å². The molecule has 116 valence electrons. The standard InChI is InChI=1S/C16H25N3O2/c1-19(2)16(20)12-6-7-14(17)15(11-12)18-9-8-13-5-3-4-10-21-13/h6-7,11,13,18H,3-5,8-10,17H2,1-2H3. The number of anilines is 2. The molecule has 1 saturated heterocycles. The maximum absolute atomic E-state index is 12.0. The van der Waals surface area contributed by atoms with Crippen molar-refractivity contribution in [2.75, 3.05) is 38.3 Å². The Balaban J connectivity index is 1.92. The molecule has 1 aromatic carbocycles. The summed E-state index contributed by atoms with van der Waals surface area (Å²) in [6.45, 7) is 1.67. The highest BCUT2D eigenvalue weighted by Gasteiger charge is 2.14. The molecule has 0 saturated carbocycles. The number of carbonyl (C=O) groups excluding carboxylic acids is 1. The lowest BCUT2D eigenvalue weighted by Crippen LogP contribution is -2.23. The lowest BCUT2D eigenvalue weighted by molar-refractivity contribution is 0.0134. The number of hydrogen-bond acceptors (Lipinski definition) is 4. The van der Waals surface area contributed by atoms with Gasteiger partial charge in [-0.3, -0.25) is 4.79 Å². The number of nitrogens with two attached hydrogens (primary N) is 1. The molecular formula is C16H25N3O2. The monoisotopic (exact) mass is 291 g/mol. The number of carbonyl (C=O) groups is 1. The summed E-state index contributed by atoms with van der Waals surface area (Å²) in [6.07, 6.45) is 4.87. The summed E-state index contributed by atoms with van der Waals surface area (Å²) in [4.78, 5) is 13.5. The number of ether oxygens (including phenoxy) is 1. The largest absolute Gasteiger partial charge is 0.397 e. The normalized spacial score (nSPS) is 18.3. The molecule has 1 aliphatic heterocycles. The number of nitrogen functional groups attached to an aromatic ring is 1. The van der Waals surface area contributed by atoms with Crippen LogP contribution in [0.2, 0.25) is 0 Å². The Morgan fingerprint density at radius 3 is 2.90 bits per heavy atom. The molecule has 1 atom stereocenters. The van der Waals surface area contributed by atoms with E-state index in [1.807, 2.05) is 6.07 Å². The second-order valence-electron chi connectivity index (χ2n) is 5.71. The Morgan fingerprint density at radius 2 is 2.24 bits per heavy atom. The van der Waals surface area contributed by atoms with Crippen molar-refractivity contribution in [3.63, 3.8) is 0 Å². The lowest BCUT2D eigenvalue weighted by atomic mass is 10.1. The summed E-state index contributed by atoms with van der Waals surface area (Å²) in [7, 11) is 3.48. The van der Waals surface area contributed by atoms with Crippen LogP contribution in [0.25, 0.3) is 0 Å². The van der Waals surface area contributed by atoms with Crippen molar-refractivity contribution in [1.29, 1.82) is 0 Å². The average Bonchev–Trinajstić information content (AvgIpc) is 2.49. The van der Waals surface area contributed by atoms with Crippen LogP contribution in [0.1, 0.15) is 36.0 Å². The number of nitrogens with one attached hydrogen (secondary N) is 1. The summed E-state index contributed by atoms with van der Waals surface area (Å²) in [5, 5.41) is 3.32. The van der Waals surface area contributed by atoms with Crippen molar-refractivity contribution in [3.8, 4) is 0 Å². The van der Waals surface area contributed by atoms with Crippen molar-refractivity contribution >= 4 is 17.3 Å². The lowest BCUT2D eigenvalue weighted by Gasteiger charge is -2.23. The fourth-order valence-electron chi connectivity index (χ4n) is 2.50. The first-order valence-electron chi connectivity index (χ1n) is 7.54. The van der Waals surface area contributed by atoms with E-state index < -0.39 is 0 Å². The van der Waals surface area contributed by atoms with E-state index in [2.05, 4.69) is 5.32 Å². The van der Waals surface area contributed by atoms with Crippen molar-refractivity contribution < 1.29 is 9.53 Å². The third-order valence-corrected chi connectivity index (χ3v) is 3.76. The smallest absolute Gasteiger partial charge is 0.253 e. The highest BCUT2D eigenvalue weighted by molar-refractivity contribution is 5.95. The van der Waals surface area contributed by atoms with E-state index in [1.54, 1.807) is 31.1 Å². The Labute approximate surface area is 126 Å². The minimum atomic E-state index is -0.0198. The zero-order valence-electron chi connectivity index (χ0n) is 12.9. The second kappa shape index (κ2) is 7.31. The van der Waals surface area contributed by atoms with Gasteiger partial charge in [0.1, 0.15) is 0 Å². The van der Waals surface area contributed by atoms with E-state index in [9.17, 15) is 4.79 Å². The minimum Gasteiger partial charge on any atom is -0.397 e. The average molecular weight is 291 g/mol. The minimum absolute atomic E-state index is 0.0198. The quantitative estimate of drug-likeness (QED) is 0.817. The van der Waals surface area contributed by atoms with E-state index >= 15 is 0 Å². The van der Waals surface area contributed by atoms with Crippen molar-refractivity contribution in [2.24, 2.45) is 0 Å². The van der Waals surface area contributed by atoms with Crippen molar-refractivity contribution in [2.45, 2.75) is 31.8 Å². The molecule has 1 unspecified atom stereocenters.